The third kappa shape index (κ3) is 3.52. The van der Waals surface area contributed by atoms with Crippen molar-refractivity contribution in [3.8, 4) is 11.4 Å². The number of anilines is 1. The number of carbonyl (C=O) groups excluding carboxylic acids is 1. The van der Waals surface area contributed by atoms with Crippen molar-refractivity contribution in [2.24, 2.45) is 0 Å². The maximum atomic E-state index is 12.3. The average Bonchev–Trinajstić information content (AvgIpc) is 2.94. The van der Waals surface area contributed by atoms with E-state index in [-0.39, 0.29) is 5.91 Å². The highest BCUT2D eigenvalue weighted by atomic mass is 35.5. The second-order valence-electron chi connectivity index (χ2n) is 4.80. The maximum Gasteiger partial charge on any atom is 0.257 e. The van der Waals surface area contributed by atoms with Crippen LogP contribution in [0.2, 0.25) is 10.0 Å². The lowest BCUT2D eigenvalue weighted by Crippen LogP contribution is -2.12. The van der Waals surface area contributed by atoms with Crippen molar-refractivity contribution in [3.05, 3.63) is 64.0 Å². The zero-order chi connectivity index (χ0) is 16.4. The summed E-state index contributed by atoms with van der Waals surface area (Å²) in [5.41, 5.74) is 1.68. The van der Waals surface area contributed by atoms with Gasteiger partial charge in [0.15, 0.2) is 0 Å². The van der Waals surface area contributed by atoms with Gasteiger partial charge in [-0.25, -0.2) is 0 Å². The van der Waals surface area contributed by atoms with Gasteiger partial charge in [0.2, 0.25) is 11.7 Å². The van der Waals surface area contributed by atoms with E-state index in [0.29, 0.717) is 33.0 Å². The van der Waals surface area contributed by atoms with Gasteiger partial charge in [0.05, 0.1) is 10.6 Å². The van der Waals surface area contributed by atoms with Gasteiger partial charge < -0.3 is 9.84 Å². The highest BCUT2D eigenvalue weighted by Gasteiger charge is 2.12. The smallest absolute Gasteiger partial charge is 0.257 e. The molecular formula is C16H11Cl2N3O2. The molecule has 0 aliphatic rings. The number of amides is 1. The van der Waals surface area contributed by atoms with E-state index >= 15 is 0 Å². The fourth-order valence-corrected chi connectivity index (χ4v) is 2.52. The summed E-state index contributed by atoms with van der Waals surface area (Å²) in [4.78, 5) is 16.5. The molecule has 2 aromatic carbocycles. The van der Waals surface area contributed by atoms with Crippen LogP contribution in [0.15, 0.2) is 47.0 Å². The van der Waals surface area contributed by atoms with Crippen molar-refractivity contribution in [2.75, 3.05) is 5.32 Å². The third-order valence-corrected chi connectivity index (χ3v) is 3.63. The Balaban J connectivity index is 1.84. The van der Waals surface area contributed by atoms with Crippen LogP contribution >= 0.6 is 23.2 Å². The molecule has 0 fully saturated rings. The van der Waals surface area contributed by atoms with Crippen molar-refractivity contribution in [3.63, 3.8) is 0 Å². The number of benzene rings is 2. The summed E-state index contributed by atoms with van der Waals surface area (Å²) >= 11 is 11.9. The van der Waals surface area contributed by atoms with E-state index in [1.165, 1.54) is 6.07 Å². The summed E-state index contributed by atoms with van der Waals surface area (Å²) in [5.74, 6) is 0.610. The van der Waals surface area contributed by atoms with Gasteiger partial charge in [-0.15, -0.1) is 0 Å². The zero-order valence-corrected chi connectivity index (χ0v) is 13.5. The van der Waals surface area contributed by atoms with Gasteiger partial charge in [-0.05, 0) is 30.3 Å². The summed E-state index contributed by atoms with van der Waals surface area (Å²) < 4.78 is 4.96. The molecule has 0 saturated carbocycles. The number of rotatable bonds is 3. The molecule has 23 heavy (non-hydrogen) atoms. The summed E-state index contributed by atoms with van der Waals surface area (Å²) in [5, 5.41) is 7.40. The Labute approximate surface area is 142 Å². The molecule has 1 aromatic heterocycles. The standard InChI is InChI=1S/C16H11Cl2N3O2/c1-9-19-15(21-23-9)10-3-2-4-12(7-10)20-16(22)13-6-5-11(17)8-14(13)18/h2-8H,1H3,(H,20,22). The molecule has 0 atom stereocenters. The molecule has 1 heterocycles. The Morgan fingerprint density at radius 3 is 2.70 bits per heavy atom. The molecule has 1 amide bonds. The number of carbonyl (C=O) groups is 1. The number of nitrogens with one attached hydrogen (secondary N) is 1. The fraction of sp³-hybridized carbons (Fsp3) is 0.0625. The maximum absolute atomic E-state index is 12.3. The van der Waals surface area contributed by atoms with Crippen LogP contribution in [-0.2, 0) is 0 Å². The minimum absolute atomic E-state index is 0.292. The van der Waals surface area contributed by atoms with E-state index < -0.39 is 0 Å². The average molecular weight is 348 g/mol. The second kappa shape index (κ2) is 6.40. The Hall–Kier alpha value is -2.37. The van der Waals surface area contributed by atoms with Crippen LogP contribution in [0, 0.1) is 6.92 Å². The van der Waals surface area contributed by atoms with E-state index in [1.54, 1.807) is 37.3 Å². The van der Waals surface area contributed by atoms with Crippen LogP contribution in [0.4, 0.5) is 5.69 Å². The number of hydrogen-bond acceptors (Lipinski definition) is 4. The van der Waals surface area contributed by atoms with Crippen molar-refractivity contribution >= 4 is 34.8 Å². The van der Waals surface area contributed by atoms with Gasteiger partial charge in [-0.2, -0.15) is 4.98 Å². The number of aromatic nitrogens is 2. The molecular weight excluding hydrogens is 337 g/mol. The van der Waals surface area contributed by atoms with Crippen molar-refractivity contribution in [1.29, 1.82) is 0 Å². The van der Waals surface area contributed by atoms with Gasteiger partial charge in [0, 0.05) is 23.2 Å². The highest BCUT2D eigenvalue weighted by Crippen LogP contribution is 2.24. The van der Waals surface area contributed by atoms with Crippen LogP contribution in [0.5, 0.6) is 0 Å². The Kier molecular flexibility index (Phi) is 4.32. The molecule has 3 rings (SSSR count). The van der Waals surface area contributed by atoms with E-state index in [9.17, 15) is 4.79 Å². The van der Waals surface area contributed by atoms with Gasteiger partial charge in [0.1, 0.15) is 0 Å². The molecule has 0 bridgehead atoms. The lowest BCUT2D eigenvalue weighted by Gasteiger charge is -2.08. The minimum atomic E-state index is -0.326. The fourth-order valence-electron chi connectivity index (χ4n) is 2.02. The van der Waals surface area contributed by atoms with E-state index in [0.717, 1.165) is 5.56 Å². The largest absolute Gasteiger partial charge is 0.339 e. The lowest BCUT2D eigenvalue weighted by atomic mass is 10.1. The van der Waals surface area contributed by atoms with Crippen LogP contribution in [0.3, 0.4) is 0 Å². The van der Waals surface area contributed by atoms with Crippen molar-refractivity contribution in [1.82, 2.24) is 10.1 Å². The first-order valence-electron chi connectivity index (χ1n) is 6.70. The first-order chi connectivity index (χ1) is 11.0. The quantitative estimate of drug-likeness (QED) is 0.751. The van der Waals surface area contributed by atoms with Crippen LogP contribution in [0.25, 0.3) is 11.4 Å². The lowest BCUT2D eigenvalue weighted by molar-refractivity contribution is 0.102. The number of hydrogen-bond donors (Lipinski definition) is 1. The number of aryl methyl sites for hydroxylation is 1. The van der Waals surface area contributed by atoms with Gasteiger partial charge in [0.25, 0.3) is 5.91 Å². The normalized spacial score (nSPS) is 10.6. The molecule has 0 saturated heterocycles. The van der Waals surface area contributed by atoms with Crippen LogP contribution in [-0.4, -0.2) is 16.0 Å². The van der Waals surface area contributed by atoms with Gasteiger partial charge >= 0.3 is 0 Å². The van der Waals surface area contributed by atoms with Gasteiger partial charge in [-0.1, -0.05) is 40.5 Å². The molecule has 7 heteroatoms. The molecule has 5 nitrogen and oxygen atoms in total. The van der Waals surface area contributed by atoms with Crippen LogP contribution in [0.1, 0.15) is 16.2 Å². The molecule has 116 valence electrons. The highest BCUT2D eigenvalue weighted by molar-refractivity contribution is 6.37. The van der Waals surface area contributed by atoms with Crippen LogP contribution < -0.4 is 5.32 Å². The molecule has 0 radical (unpaired) electrons. The first-order valence-corrected chi connectivity index (χ1v) is 7.45. The molecule has 0 unspecified atom stereocenters. The van der Waals surface area contributed by atoms with E-state index in [2.05, 4.69) is 15.5 Å². The predicted molar refractivity (Wildman–Crippen MR) is 88.9 cm³/mol. The second-order valence-corrected chi connectivity index (χ2v) is 5.64. The first kappa shape index (κ1) is 15.5. The summed E-state index contributed by atoms with van der Waals surface area (Å²) in [7, 11) is 0. The van der Waals surface area contributed by atoms with Gasteiger partial charge in [-0.3, -0.25) is 4.79 Å². The SMILES string of the molecule is Cc1nc(-c2cccc(NC(=O)c3ccc(Cl)cc3Cl)c2)no1. The molecule has 3 aromatic rings. The van der Waals surface area contributed by atoms with E-state index in [4.69, 9.17) is 27.7 Å². The number of nitrogens with zero attached hydrogens (tertiary/aromatic N) is 2. The van der Waals surface area contributed by atoms with E-state index in [1.807, 2.05) is 6.07 Å². The minimum Gasteiger partial charge on any atom is -0.339 e. The van der Waals surface area contributed by atoms with Crippen molar-refractivity contribution in [2.45, 2.75) is 6.92 Å². The summed E-state index contributed by atoms with van der Waals surface area (Å²) in [6, 6.07) is 11.9. The van der Waals surface area contributed by atoms with Crippen molar-refractivity contribution < 1.29 is 9.32 Å². The number of halogens is 2. The monoisotopic (exact) mass is 347 g/mol. The Morgan fingerprint density at radius 1 is 1.17 bits per heavy atom. The Morgan fingerprint density at radius 2 is 2.00 bits per heavy atom. The molecule has 0 aliphatic heterocycles. The third-order valence-electron chi connectivity index (χ3n) is 3.08. The summed E-state index contributed by atoms with van der Waals surface area (Å²) in [6.45, 7) is 1.71. The zero-order valence-electron chi connectivity index (χ0n) is 12.0. The predicted octanol–water partition coefficient (Wildman–Crippen LogP) is 4.60. The molecule has 0 spiro atoms. The molecule has 0 aliphatic carbocycles. The molecule has 1 N–H and O–H groups in total. The topological polar surface area (TPSA) is 68.0 Å². The Bertz CT molecular complexity index is 877. The summed E-state index contributed by atoms with van der Waals surface area (Å²) in [6.07, 6.45) is 0.